The maximum absolute atomic E-state index is 9.27. The molecular formula is C19H24N6. The van der Waals surface area contributed by atoms with Gasteiger partial charge < -0.3 is 10.2 Å². The van der Waals surface area contributed by atoms with E-state index >= 15 is 0 Å². The summed E-state index contributed by atoms with van der Waals surface area (Å²) < 4.78 is 0. The molecule has 1 aromatic heterocycles. The van der Waals surface area contributed by atoms with Gasteiger partial charge in [-0.1, -0.05) is 18.2 Å². The van der Waals surface area contributed by atoms with Crippen molar-refractivity contribution in [3.05, 3.63) is 47.8 Å². The van der Waals surface area contributed by atoms with Crippen molar-refractivity contribution in [2.75, 3.05) is 37.4 Å². The summed E-state index contributed by atoms with van der Waals surface area (Å²) in [6.45, 7) is 2.82. The van der Waals surface area contributed by atoms with Gasteiger partial charge >= 0.3 is 0 Å². The molecule has 0 amide bonds. The molecule has 1 aliphatic heterocycles. The highest BCUT2D eigenvalue weighted by Crippen LogP contribution is 2.19. The summed E-state index contributed by atoms with van der Waals surface area (Å²) >= 11 is 0. The molecule has 1 saturated heterocycles. The molecule has 1 unspecified atom stereocenters. The third kappa shape index (κ3) is 4.46. The molecule has 0 aliphatic carbocycles. The van der Waals surface area contributed by atoms with Crippen LogP contribution in [0.4, 0.5) is 11.6 Å². The minimum atomic E-state index is 0.355. The molecule has 0 bridgehead atoms. The van der Waals surface area contributed by atoms with Crippen LogP contribution in [0.3, 0.4) is 0 Å². The molecule has 6 nitrogen and oxygen atoms in total. The lowest BCUT2D eigenvalue weighted by molar-refractivity contribution is 0.208. The van der Waals surface area contributed by atoms with E-state index in [0.717, 1.165) is 55.2 Å². The number of nitriles is 1. The first-order valence-electron chi connectivity index (χ1n) is 8.62. The summed E-state index contributed by atoms with van der Waals surface area (Å²) in [5.41, 5.74) is 1.87. The van der Waals surface area contributed by atoms with Crippen LogP contribution in [0.15, 0.2) is 36.7 Å². The smallest absolute Gasteiger partial charge is 0.133 e. The van der Waals surface area contributed by atoms with Crippen LogP contribution in [0.1, 0.15) is 24.0 Å². The second-order valence-corrected chi connectivity index (χ2v) is 6.64. The van der Waals surface area contributed by atoms with E-state index in [2.05, 4.69) is 26.3 Å². The lowest BCUT2D eigenvalue weighted by Gasteiger charge is -2.33. The van der Waals surface area contributed by atoms with Crippen LogP contribution in [0.5, 0.6) is 0 Å². The highest BCUT2D eigenvalue weighted by Gasteiger charge is 2.21. The van der Waals surface area contributed by atoms with E-state index in [1.807, 2.05) is 49.3 Å². The minimum absolute atomic E-state index is 0.355. The average Bonchev–Trinajstić information content (AvgIpc) is 2.63. The normalized spacial score (nSPS) is 17.7. The number of likely N-dealkylation sites (tertiary alicyclic amines) is 1. The maximum atomic E-state index is 9.27. The predicted octanol–water partition coefficient (Wildman–Crippen LogP) is 2.49. The molecular weight excluding hydrogens is 312 g/mol. The highest BCUT2D eigenvalue weighted by molar-refractivity contribution is 5.48. The Labute approximate surface area is 149 Å². The van der Waals surface area contributed by atoms with Crippen LogP contribution in [0.25, 0.3) is 0 Å². The Morgan fingerprint density at radius 3 is 2.96 bits per heavy atom. The molecule has 2 heterocycles. The van der Waals surface area contributed by atoms with Crippen molar-refractivity contribution in [3.8, 4) is 6.07 Å². The minimum Gasteiger partial charge on any atom is -0.366 e. The molecule has 0 radical (unpaired) electrons. The Morgan fingerprint density at radius 1 is 1.32 bits per heavy atom. The third-order valence-corrected chi connectivity index (χ3v) is 4.50. The quantitative estimate of drug-likeness (QED) is 0.905. The summed E-state index contributed by atoms with van der Waals surface area (Å²) in [5, 5.41) is 12.8. The monoisotopic (exact) mass is 336 g/mol. The van der Waals surface area contributed by atoms with Crippen molar-refractivity contribution in [1.29, 1.82) is 5.26 Å². The number of hydrogen-bond donors (Lipinski definition) is 1. The number of aromatic nitrogens is 2. The van der Waals surface area contributed by atoms with Crippen LogP contribution in [-0.2, 0) is 6.54 Å². The van der Waals surface area contributed by atoms with E-state index in [-0.39, 0.29) is 0 Å². The van der Waals surface area contributed by atoms with Crippen molar-refractivity contribution in [1.82, 2.24) is 14.9 Å². The number of nitrogens with one attached hydrogen (secondary N) is 1. The van der Waals surface area contributed by atoms with Crippen molar-refractivity contribution in [3.63, 3.8) is 0 Å². The number of benzene rings is 1. The molecule has 1 aromatic carbocycles. The van der Waals surface area contributed by atoms with Crippen molar-refractivity contribution in [2.45, 2.75) is 25.4 Å². The number of nitrogens with zero attached hydrogens (tertiary/aromatic N) is 5. The largest absolute Gasteiger partial charge is 0.366 e. The first kappa shape index (κ1) is 17.2. The molecule has 3 rings (SSSR count). The van der Waals surface area contributed by atoms with Gasteiger partial charge in [-0.05, 0) is 31.0 Å². The number of anilines is 2. The molecule has 2 aromatic rings. The summed E-state index contributed by atoms with van der Waals surface area (Å²) in [6, 6.07) is 12.5. The zero-order valence-corrected chi connectivity index (χ0v) is 14.8. The Balaban J connectivity index is 1.63. The maximum Gasteiger partial charge on any atom is 0.133 e. The van der Waals surface area contributed by atoms with Gasteiger partial charge in [-0.15, -0.1) is 0 Å². The third-order valence-electron chi connectivity index (χ3n) is 4.50. The van der Waals surface area contributed by atoms with Gasteiger partial charge in [0.15, 0.2) is 0 Å². The van der Waals surface area contributed by atoms with E-state index in [4.69, 9.17) is 0 Å². The molecule has 1 aliphatic rings. The second kappa shape index (κ2) is 7.95. The van der Waals surface area contributed by atoms with Gasteiger partial charge in [0.2, 0.25) is 0 Å². The molecule has 130 valence electrons. The fraction of sp³-hybridized carbons (Fsp3) is 0.421. The van der Waals surface area contributed by atoms with Gasteiger partial charge in [0, 0.05) is 39.3 Å². The Kier molecular flexibility index (Phi) is 5.46. The van der Waals surface area contributed by atoms with Gasteiger partial charge in [0.1, 0.15) is 18.0 Å². The van der Waals surface area contributed by atoms with Crippen molar-refractivity contribution in [2.24, 2.45) is 0 Å². The topological polar surface area (TPSA) is 68.1 Å². The fourth-order valence-electron chi connectivity index (χ4n) is 3.20. The average molecular weight is 336 g/mol. The second-order valence-electron chi connectivity index (χ2n) is 6.64. The molecule has 1 atom stereocenters. The first-order valence-corrected chi connectivity index (χ1v) is 8.62. The van der Waals surface area contributed by atoms with Crippen LogP contribution in [-0.4, -0.2) is 48.1 Å². The highest BCUT2D eigenvalue weighted by atomic mass is 15.2. The summed E-state index contributed by atoms with van der Waals surface area (Å²) in [5.74, 6) is 1.76. The lowest BCUT2D eigenvalue weighted by Crippen LogP contribution is -2.41. The molecule has 6 heteroatoms. The SMILES string of the molecule is CN(C)c1cc(NC2CCCN(Cc3ccccc3C#N)C2)ncn1. The Bertz CT molecular complexity index is 752. The predicted molar refractivity (Wildman–Crippen MR) is 99.4 cm³/mol. The van der Waals surface area contributed by atoms with Gasteiger partial charge in [-0.2, -0.15) is 5.26 Å². The lowest BCUT2D eigenvalue weighted by atomic mass is 10.0. The van der Waals surface area contributed by atoms with Gasteiger partial charge in [-0.3, -0.25) is 4.90 Å². The molecule has 1 fully saturated rings. The molecule has 0 saturated carbocycles. The van der Waals surface area contributed by atoms with E-state index in [1.165, 1.54) is 0 Å². The van der Waals surface area contributed by atoms with Crippen LogP contribution >= 0.6 is 0 Å². The van der Waals surface area contributed by atoms with E-state index in [1.54, 1.807) is 6.33 Å². The summed E-state index contributed by atoms with van der Waals surface area (Å²) in [7, 11) is 3.95. The molecule has 25 heavy (non-hydrogen) atoms. The molecule has 1 N–H and O–H groups in total. The Hall–Kier alpha value is -2.65. The standard InChI is InChI=1S/C19H24N6/c1-24(2)19-10-18(21-14-22-19)23-17-8-5-9-25(13-17)12-16-7-4-3-6-15(16)11-20/h3-4,6-7,10,14,17H,5,8-9,12-13H2,1-2H3,(H,21,22,23). The fourth-order valence-corrected chi connectivity index (χ4v) is 3.20. The van der Waals surface area contributed by atoms with Crippen molar-refractivity contribution < 1.29 is 0 Å². The summed E-state index contributed by atoms with van der Waals surface area (Å²) in [4.78, 5) is 13.0. The zero-order chi connectivity index (χ0) is 17.6. The van der Waals surface area contributed by atoms with E-state index in [0.29, 0.717) is 6.04 Å². The summed E-state index contributed by atoms with van der Waals surface area (Å²) in [6.07, 6.45) is 3.86. The van der Waals surface area contributed by atoms with Crippen LogP contribution < -0.4 is 10.2 Å². The number of hydrogen-bond acceptors (Lipinski definition) is 6. The van der Waals surface area contributed by atoms with Crippen LogP contribution in [0, 0.1) is 11.3 Å². The van der Waals surface area contributed by atoms with Gasteiger partial charge in [0.25, 0.3) is 0 Å². The van der Waals surface area contributed by atoms with E-state index < -0.39 is 0 Å². The van der Waals surface area contributed by atoms with E-state index in [9.17, 15) is 5.26 Å². The zero-order valence-electron chi connectivity index (χ0n) is 14.8. The Morgan fingerprint density at radius 2 is 2.16 bits per heavy atom. The van der Waals surface area contributed by atoms with Gasteiger partial charge in [-0.25, -0.2) is 9.97 Å². The van der Waals surface area contributed by atoms with Crippen LogP contribution in [0.2, 0.25) is 0 Å². The first-order chi connectivity index (χ1) is 12.2. The number of piperidine rings is 1. The molecule has 0 spiro atoms. The van der Waals surface area contributed by atoms with Crippen molar-refractivity contribution >= 4 is 11.6 Å². The number of rotatable bonds is 5. The van der Waals surface area contributed by atoms with Gasteiger partial charge in [0.05, 0.1) is 11.6 Å².